The molecule has 0 aliphatic carbocycles. The zero-order chi connectivity index (χ0) is 15.2. The quantitative estimate of drug-likeness (QED) is 0.772. The molecule has 2 nitrogen and oxygen atoms in total. The average Bonchev–Trinajstić information content (AvgIpc) is 2.49. The molecule has 1 N–H and O–H groups in total. The third kappa shape index (κ3) is 3.99. The van der Waals surface area contributed by atoms with Gasteiger partial charge in [0.25, 0.3) is 0 Å². The van der Waals surface area contributed by atoms with Crippen LogP contribution in [0.2, 0.25) is 5.02 Å². The molecule has 0 spiro atoms. The van der Waals surface area contributed by atoms with Crippen LogP contribution in [0.15, 0.2) is 36.4 Å². The summed E-state index contributed by atoms with van der Waals surface area (Å²) in [5, 5.41) is 4.20. The summed E-state index contributed by atoms with van der Waals surface area (Å²) < 4.78 is 5.47. The van der Waals surface area contributed by atoms with Crippen molar-refractivity contribution in [2.75, 3.05) is 13.7 Å². The lowest BCUT2D eigenvalue weighted by Gasteiger charge is -2.12. The van der Waals surface area contributed by atoms with E-state index in [-0.39, 0.29) is 0 Å². The van der Waals surface area contributed by atoms with E-state index in [0.29, 0.717) is 0 Å². The van der Waals surface area contributed by atoms with E-state index < -0.39 is 0 Å². The predicted octanol–water partition coefficient (Wildman–Crippen LogP) is 4.82. The van der Waals surface area contributed by atoms with Crippen LogP contribution in [0.1, 0.15) is 24.5 Å². The van der Waals surface area contributed by atoms with Crippen molar-refractivity contribution < 1.29 is 4.74 Å². The molecule has 0 aliphatic heterocycles. The normalized spacial score (nSPS) is 10.7. The molecule has 0 radical (unpaired) electrons. The molecule has 2 aromatic carbocycles. The minimum absolute atomic E-state index is 0.786. The van der Waals surface area contributed by atoms with Crippen LogP contribution in [-0.4, -0.2) is 13.7 Å². The van der Waals surface area contributed by atoms with Gasteiger partial charge in [0.2, 0.25) is 0 Å². The van der Waals surface area contributed by atoms with Crippen molar-refractivity contribution >= 4 is 11.6 Å². The fraction of sp³-hybridized carbons (Fsp3) is 0.333. The Labute approximate surface area is 132 Å². The van der Waals surface area contributed by atoms with Crippen molar-refractivity contribution in [3.05, 3.63) is 52.5 Å². The third-order valence-electron chi connectivity index (χ3n) is 3.45. The molecule has 2 aromatic rings. The topological polar surface area (TPSA) is 21.3 Å². The Balaban J connectivity index is 2.36. The molecule has 112 valence electrons. The van der Waals surface area contributed by atoms with E-state index in [1.807, 2.05) is 18.2 Å². The van der Waals surface area contributed by atoms with Crippen LogP contribution in [0, 0.1) is 6.92 Å². The maximum absolute atomic E-state index is 6.30. The van der Waals surface area contributed by atoms with E-state index in [1.54, 1.807) is 7.11 Å². The number of ether oxygens (including phenoxy) is 1. The summed E-state index contributed by atoms with van der Waals surface area (Å²) in [6, 6.07) is 12.4. The first-order chi connectivity index (χ1) is 10.2. The molecule has 0 amide bonds. The second-order valence-electron chi connectivity index (χ2n) is 5.19. The van der Waals surface area contributed by atoms with Crippen LogP contribution < -0.4 is 10.1 Å². The van der Waals surface area contributed by atoms with E-state index in [4.69, 9.17) is 16.3 Å². The van der Waals surface area contributed by atoms with Gasteiger partial charge in [-0.2, -0.15) is 0 Å². The highest BCUT2D eigenvalue weighted by Crippen LogP contribution is 2.33. The number of methoxy groups -OCH3 is 1. The van der Waals surface area contributed by atoms with Crippen LogP contribution in [0.25, 0.3) is 11.1 Å². The molecule has 0 fully saturated rings. The molecule has 0 aromatic heterocycles. The number of rotatable bonds is 6. The minimum Gasteiger partial charge on any atom is -0.496 e. The van der Waals surface area contributed by atoms with Crippen molar-refractivity contribution in [2.24, 2.45) is 0 Å². The first-order valence-electron chi connectivity index (χ1n) is 7.30. The molecule has 0 heterocycles. The SMILES string of the molecule is CCCNCc1cc(-c2cc(C)ccc2OC)ccc1Cl. The van der Waals surface area contributed by atoms with Gasteiger partial charge in [0.05, 0.1) is 7.11 Å². The molecule has 0 atom stereocenters. The standard InChI is InChI=1S/C18H22ClNO/c1-4-9-20-12-15-11-14(6-7-17(15)19)16-10-13(2)5-8-18(16)21-3/h5-8,10-11,20H,4,9,12H2,1-3H3. The number of aryl methyl sites for hydroxylation is 1. The molecule has 3 heteroatoms. The van der Waals surface area contributed by atoms with Gasteiger partial charge in [-0.3, -0.25) is 0 Å². The van der Waals surface area contributed by atoms with Gasteiger partial charge >= 0.3 is 0 Å². The van der Waals surface area contributed by atoms with Crippen LogP contribution in [0.5, 0.6) is 5.75 Å². The summed E-state index contributed by atoms with van der Waals surface area (Å²) in [6.07, 6.45) is 1.11. The molecule has 0 bridgehead atoms. The van der Waals surface area contributed by atoms with Gasteiger partial charge in [-0.05, 0) is 55.3 Å². The second kappa shape index (κ2) is 7.48. The Bertz CT molecular complexity index is 610. The Morgan fingerprint density at radius 3 is 2.67 bits per heavy atom. The number of halogens is 1. The first kappa shape index (κ1) is 15.9. The highest BCUT2D eigenvalue weighted by atomic mass is 35.5. The molecule has 0 unspecified atom stereocenters. The minimum atomic E-state index is 0.786. The van der Waals surface area contributed by atoms with Crippen LogP contribution in [0.3, 0.4) is 0 Å². The zero-order valence-electron chi connectivity index (χ0n) is 12.9. The Morgan fingerprint density at radius 2 is 1.95 bits per heavy atom. The molecule has 21 heavy (non-hydrogen) atoms. The van der Waals surface area contributed by atoms with Gasteiger partial charge in [-0.15, -0.1) is 0 Å². The smallest absolute Gasteiger partial charge is 0.126 e. The summed E-state index contributed by atoms with van der Waals surface area (Å²) in [6.45, 7) is 6.02. The largest absolute Gasteiger partial charge is 0.496 e. The molecule has 2 rings (SSSR count). The fourth-order valence-electron chi connectivity index (χ4n) is 2.32. The summed E-state index contributed by atoms with van der Waals surface area (Å²) in [4.78, 5) is 0. The van der Waals surface area contributed by atoms with Gasteiger partial charge in [-0.1, -0.05) is 36.2 Å². The molecular weight excluding hydrogens is 282 g/mol. The monoisotopic (exact) mass is 303 g/mol. The zero-order valence-corrected chi connectivity index (χ0v) is 13.6. The van der Waals surface area contributed by atoms with Gasteiger partial charge in [0.15, 0.2) is 0 Å². The number of benzene rings is 2. The van der Waals surface area contributed by atoms with Crippen LogP contribution in [0.4, 0.5) is 0 Å². The molecular formula is C18H22ClNO. The summed E-state index contributed by atoms with van der Waals surface area (Å²) in [7, 11) is 1.70. The third-order valence-corrected chi connectivity index (χ3v) is 3.82. The second-order valence-corrected chi connectivity index (χ2v) is 5.59. The lowest BCUT2D eigenvalue weighted by atomic mass is 10.00. The van der Waals surface area contributed by atoms with Crippen molar-refractivity contribution in [3.8, 4) is 16.9 Å². The summed E-state index contributed by atoms with van der Waals surface area (Å²) in [5.74, 6) is 0.885. The van der Waals surface area contributed by atoms with E-state index in [1.165, 1.54) is 5.56 Å². The van der Waals surface area contributed by atoms with Gasteiger partial charge in [0.1, 0.15) is 5.75 Å². The first-order valence-corrected chi connectivity index (χ1v) is 7.67. The molecule has 0 saturated carbocycles. The Kier molecular flexibility index (Phi) is 5.66. The Morgan fingerprint density at radius 1 is 1.14 bits per heavy atom. The average molecular weight is 304 g/mol. The predicted molar refractivity (Wildman–Crippen MR) is 90.2 cm³/mol. The number of hydrogen-bond donors (Lipinski definition) is 1. The maximum atomic E-state index is 6.30. The van der Waals surface area contributed by atoms with Crippen LogP contribution >= 0.6 is 11.6 Å². The number of nitrogens with one attached hydrogen (secondary N) is 1. The van der Waals surface area contributed by atoms with Gasteiger partial charge < -0.3 is 10.1 Å². The highest BCUT2D eigenvalue weighted by molar-refractivity contribution is 6.31. The van der Waals surface area contributed by atoms with E-state index in [0.717, 1.165) is 47.0 Å². The van der Waals surface area contributed by atoms with E-state index in [2.05, 4.69) is 37.4 Å². The van der Waals surface area contributed by atoms with Crippen molar-refractivity contribution in [1.29, 1.82) is 0 Å². The van der Waals surface area contributed by atoms with Crippen LogP contribution in [-0.2, 0) is 6.54 Å². The Hall–Kier alpha value is -1.51. The molecule has 0 saturated heterocycles. The lowest BCUT2D eigenvalue weighted by Crippen LogP contribution is -2.14. The lowest BCUT2D eigenvalue weighted by molar-refractivity contribution is 0.416. The van der Waals surface area contributed by atoms with Crippen molar-refractivity contribution in [2.45, 2.75) is 26.8 Å². The maximum Gasteiger partial charge on any atom is 0.126 e. The van der Waals surface area contributed by atoms with E-state index in [9.17, 15) is 0 Å². The fourth-order valence-corrected chi connectivity index (χ4v) is 2.51. The van der Waals surface area contributed by atoms with Gasteiger partial charge in [0, 0.05) is 17.1 Å². The summed E-state index contributed by atoms with van der Waals surface area (Å²) in [5.41, 5.74) is 4.57. The highest BCUT2D eigenvalue weighted by Gasteiger charge is 2.09. The van der Waals surface area contributed by atoms with Gasteiger partial charge in [-0.25, -0.2) is 0 Å². The van der Waals surface area contributed by atoms with Crippen molar-refractivity contribution in [3.63, 3.8) is 0 Å². The van der Waals surface area contributed by atoms with Crippen molar-refractivity contribution in [1.82, 2.24) is 5.32 Å². The molecule has 0 aliphatic rings. The summed E-state index contributed by atoms with van der Waals surface area (Å²) >= 11 is 6.30. The van der Waals surface area contributed by atoms with E-state index >= 15 is 0 Å². The number of hydrogen-bond acceptors (Lipinski definition) is 2.